The Bertz CT molecular complexity index is 513. The number of carboxylic acid groups (broad SMARTS) is 1. The molecule has 1 aliphatic heterocycles. The molecule has 116 valence electrons. The van der Waals surface area contributed by atoms with Gasteiger partial charge < -0.3 is 25.2 Å². The van der Waals surface area contributed by atoms with E-state index in [1.165, 1.54) is 16.7 Å². The van der Waals surface area contributed by atoms with Crippen molar-refractivity contribution in [3.63, 3.8) is 0 Å². The molecule has 8 nitrogen and oxygen atoms in total. The highest BCUT2D eigenvalue weighted by atomic mass is 32.1. The second-order valence-corrected chi connectivity index (χ2v) is 5.60. The topological polar surface area (TPSA) is 110 Å². The number of ether oxygens (including phenoxy) is 2. The third-order valence-corrected chi connectivity index (χ3v) is 4.09. The van der Waals surface area contributed by atoms with Crippen LogP contribution in [0.5, 0.6) is 0 Å². The highest BCUT2D eigenvalue weighted by Crippen LogP contribution is 2.21. The van der Waals surface area contributed by atoms with Crippen molar-refractivity contribution >= 4 is 23.3 Å². The minimum absolute atomic E-state index is 0.0151. The van der Waals surface area contributed by atoms with Gasteiger partial charge in [-0.05, 0) is 0 Å². The van der Waals surface area contributed by atoms with E-state index in [9.17, 15) is 9.59 Å². The number of aromatic nitrogens is 1. The lowest BCUT2D eigenvalue weighted by Crippen LogP contribution is -2.47. The number of carboxylic acids is 1. The largest absolute Gasteiger partial charge is 0.476 e. The lowest BCUT2D eigenvalue weighted by Gasteiger charge is -2.25. The maximum absolute atomic E-state index is 11.7. The molecule has 1 fully saturated rings. The normalized spacial score (nSPS) is 21.2. The minimum Gasteiger partial charge on any atom is -0.476 e. The summed E-state index contributed by atoms with van der Waals surface area (Å²) in [5.41, 5.74) is -0.478. The summed E-state index contributed by atoms with van der Waals surface area (Å²) in [4.78, 5) is 26.3. The van der Waals surface area contributed by atoms with Crippen LogP contribution < -0.4 is 10.6 Å². The fraction of sp³-hybridized carbons (Fsp3) is 0.583. The molecule has 1 aliphatic rings. The smallest absolute Gasteiger partial charge is 0.355 e. The van der Waals surface area contributed by atoms with E-state index in [0.29, 0.717) is 24.8 Å². The first-order chi connectivity index (χ1) is 10.0. The number of hydrogen-bond acceptors (Lipinski definition) is 6. The molecule has 1 atom stereocenters. The zero-order valence-corrected chi connectivity index (χ0v) is 12.4. The monoisotopic (exact) mass is 315 g/mol. The molecular formula is C12H17N3O5S. The number of thiazole rings is 1. The summed E-state index contributed by atoms with van der Waals surface area (Å²) in [6.07, 6.45) is 0.734. The van der Waals surface area contributed by atoms with Gasteiger partial charge in [0.05, 0.1) is 19.7 Å². The molecule has 2 heterocycles. The van der Waals surface area contributed by atoms with Crippen LogP contribution in [0.3, 0.4) is 0 Å². The standard InChI is InChI=1S/C12H17N3O5S/c1-19-12(2-3-20-7-12)6-14-11(18)13-4-9-15-8(5-21-9)10(16)17/h5H,2-4,6-7H2,1H3,(H,16,17)(H2,13,14,18). The first kappa shape index (κ1) is 15.7. The van der Waals surface area contributed by atoms with Gasteiger partial charge in [0.15, 0.2) is 5.69 Å². The Hall–Kier alpha value is -1.71. The number of aromatic carboxylic acids is 1. The zero-order chi connectivity index (χ0) is 15.3. The number of methoxy groups -OCH3 is 1. The Labute approximate surface area is 125 Å². The van der Waals surface area contributed by atoms with Crippen molar-refractivity contribution in [3.05, 3.63) is 16.1 Å². The molecule has 0 bridgehead atoms. The SMILES string of the molecule is COC1(CNC(=O)NCc2nc(C(=O)O)cs2)CCOC1. The number of amides is 2. The van der Waals surface area contributed by atoms with E-state index in [1.54, 1.807) is 7.11 Å². The van der Waals surface area contributed by atoms with Crippen LogP contribution in [0.15, 0.2) is 5.38 Å². The average molecular weight is 315 g/mol. The van der Waals surface area contributed by atoms with Gasteiger partial charge in [0.25, 0.3) is 0 Å². The van der Waals surface area contributed by atoms with E-state index >= 15 is 0 Å². The number of hydrogen-bond donors (Lipinski definition) is 3. The quantitative estimate of drug-likeness (QED) is 0.703. The summed E-state index contributed by atoms with van der Waals surface area (Å²) in [5.74, 6) is -1.08. The summed E-state index contributed by atoms with van der Waals surface area (Å²) in [7, 11) is 1.59. The van der Waals surface area contributed by atoms with E-state index in [1.807, 2.05) is 0 Å². The molecule has 2 rings (SSSR count). The number of urea groups is 1. The second kappa shape index (κ2) is 6.83. The maximum atomic E-state index is 11.7. The van der Waals surface area contributed by atoms with Crippen molar-refractivity contribution in [1.82, 2.24) is 15.6 Å². The zero-order valence-electron chi connectivity index (χ0n) is 11.5. The van der Waals surface area contributed by atoms with E-state index in [2.05, 4.69) is 15.6 Å². The summed E-state index contributed by atoms with van der Waals surface area (Å²) < 4.78 is 10.7. The van der Waals surface area contributed by atoms with Crippen molar-refractivity contribution in [3.8, 4) is 0 Å². The van der Waals surface area contributed by atoms with Crippen LogP contribution in [0.25, 0.3) is 0 Å². The lowest BCUT2D eigenvalue weighted by molar-refractivity contribution is -0.0137. The number of nitrogens with zero attached hydrogens (tertiary/aromatic N) is 1. The molecule has 1 aromatic rings. The van der Waals surface area contributed by atoms with Gasteiger partial charge in [-0.25, -0.2) is 14.6 Å². The van der Waals surface area contributed by atoms with E-state index in [4.69, 9.17) is 14.6 Å². The van der Waals surface area contributed by atoms with Crippen LogP contribution >= 0.6 is 11.3 Å². The van der Waals surface area contributed by atoms with Crippen LogP contribution in [0.2, 0.25) is 0 Å². The minimum atomic E-state index is -1.08. The fourth-order valence-electron chi connectivity index (χ4n) is 1.91. The summed E-state index contributed by atoms with van der Waals surface area (Å²) in [5, 5.41) is 16.1. The predicted molar refractivity (Wildman–Crippen MR) is 74.5 cm³/mol. The molecule has 21 heavy (non-hydrogen) atoms. The fourth-order valence-corrected chi connectivity index (χ4v) is 2.62. The van der Waals surface area contributed by atoms with Crippen molar-refractivity contribution in [2.24, 2.45) is 0 Å². The van der Waals surface area contributed by atoms with Gasteiger partial charge in [0.1, 0.15) is 10.6 Å². The Morgan fingerprint density at radius 2 is 2.38 bits per heavy atom. The van der Waals surface area contributed by atoms with Gasteiger partial charge in [-0.3, -0.25) is 0 Å². The van der Waals surface area contributed by atoms with Crippen molar-refractivity contribution in [2.45, 2.75) is 18.6 Å². The summed E-state index contributed by atoms with van der Waals surface area (Å²) in [6.45, 7) is 1.61. The van der Waals surface area contributed by atoms with Crippen LogP contribution in [-0.4, -0.2) is 54.6 Å². The lowest BCUT2D eigenvalue weighted by atomic mass is 10.0. The Morgan fingerprint density at radius 3 is 2.95 bits per heavy atom. The molecule has 1 saturated heterocycles. The molecule has 1 aromatic heterocycles. The third-order valence-electron chi connectivity index (χ3n) is 3.24. The van der Waals surface area contributed by atoms with Crippen LogP contribution in [0.4, 0.5) is 4.79 Å². The number of carbonyl (C=O) groups is 2. The van der Waals surface area contributed by atoms with Crippen molar-refractivity contribution in [1.29, 1.82) is 0 Å². The molecule has 0 saturated carbocycles. The van der Waals surface area contributed by atoms with Gasteiger partial charge in [0.2, 0.25) is 0 Å². The molecule has 0 aliphatic carbocycles. The molecule has 0 radical (unpaired) electrons. The highest BCUT2D eigenvalue weighted by molar-refractivity contribution is 7.09. The summed E-state index contributed by atoms with van der Waals surface area (Å²) >= 11 is 1.19. The number of rotatable bonds is 6. The molecule has 2 amide bonds. The van der Waals surface area contributed by atoms with Gasteiger partial charge in [-0.1, -0.05) is 0 Å². The second-order valence-electron chi connectivity index (χ2n) is 4.66. The van der Waals surface area contributed by atoms with Gasteiger partial charge in [-0.2, -0.15) is 0 Å². The highest BCUT2D eigenvalue weighted by Gasteiger charge is 2.35. The Morgan fingerprint density at radius 1 is 1.57 bits per heavy atom. The van der Waals surface area contributed by atoms with Crippen LogP contribution in [0, 0.1) is 0 Å². The van der Waals surface area contributed by atoms with E-state index in [-0.39, 0.29) is 18.3 Å². The Kier molecular flexibility index (Phi) is 5.10. The number of nitrogens with one attached hydrogen (secondary N) is 2. The van der Waals surface area contributed by atoms with Gasteiger partial charge in [-0.15, -0.1) is 11.3 Å². The van der Waals surface area contributed by atoms with E-state index < -0.39 is 11.6 Å². The van der Waals surface area contributed by atoms with Crippen molar-refractivity contribution < 1.29 is 24.2 Å². The molecule has 0 spiro atoms. The maximum Gasteiger partial charge on any atom is 0.355 e. The van der Waals surface area contributed by atoms with Crippen LogP contribution in [0.1, 0.15) is 21.9 Å². The van der Waals surface area contributed by atoms with Crippen molar-refractivity contribution in [2.75, 3.05) is 26.9 Å². The molecule has 0 aromatic carbocycles. The Balaban J connectivity index is 1.75. The van der Waals surface area contributed by atoms with E-state index in [0.717, 1.165) is 6.42 Å². The van der Waals surface area contributed by atoms with Gasteiger partial charge in [0, 0.05) is 25.5 Å². The number of carbonyl (C=O) groups excluding carboxylic acids is 1. The van der Waals surface area contributed by atoms with Crippen LogP contribution in [-0.2, 0) is 16.0 Å². The first-order valence-corrected chi connectivity index (χ1v) is 7.25. The molecule has 1 unspecified atom stereocenters. The summed E-state index contributed by atoms with van der Waals surface area (Å²) in [6, 6.07) is -0.356. The molecular weight excluding hydrogens is 298 g/mol. The predicted octanol–water partition coefficient (Wildman–Crippen LogP) is 0.446. The third kappa shape index (κ3) is 4.13. The molecule has 9 heteroatoms. The van der Waals surface area contributed by atoms with Gasteiger partial charge >= 0.3 is 12.0 Å². The average Bonchev–Trinajstić information content (AvgIpc) is 3.12. The molecule has 3 N–H and O–H groups in total. The first-order valence-electron chi connectivity index (χ1n) is 6.37.